The van der Waals surface area contributed by atoms with Gasteiger partial charge in [0.15, 0.2) is 0 Å². The molecule has 0 atom stereocenters. The van der Waals surface area contributed by atoms with Gasteiger partial charge in [0.05, 0.1) is 0 Å². The van der Waals surface area contributed by atoms with Crippen LogP contribution in [0.2, 0.25) is 0 Å². The maximum atomic E-state index is 16.1. The maximum absolute atomic E-state index is 16.1. The molecule has 0 bridgehead atoms. The van der Waals surface area contributed by atoms with Crippen LogP contribution in [-0.4, -0.2) is 15.0 Å². The quantitative estimate of drug-likeness (QED) is 0.0778. The molecule has 3 aromatic heterocycles. The Hall–Kier alpha value is -10.1. The Morgan fingerprint density at radius 3 is 1.40 bits per heavy atom. The summed E-state index contributed by atoms with van der Waals surface area (Å²) in [6.45, 7) is 1.83. The average molecular weight is 1300 g/mol. The van der Waals surface area contributed by atoms with Crippen molar-refractivity contribution in [3.63, 3.8) is 0 Å². The molecular weight excluding hydrogens is 1260 g/mol. The molecule has 0 saturated heterocycles. The molecule has 14 rings (SSSR count). The van der Waals surface area contributed by atoms with E-state index in [2.05, 4.69) is 101 Å². The number of rotatable bonds is 10. The van der Waals surface area contributed by atoms with Gasteiger partial charge in [-0.1, -0.05) is 145 Å². The van der Waals surface area contributed by atoms with Crippen LogP contribution in [0, 0.1) is 60.0 Å². The number of nitrogens with zero attached hydrogens (tertiary/aromatic N) is 3. The first-order valence-corrected chi connectivity index (χ1v) is 27.3. The van der Waals surface area contributed by atoms with E-state index in [1.54, 1.807) is 42.7 Å². The minimum Gasteiger partial charge on any atom is -0.304 e. The summed E-state index contributed by atoms with van der Waals surface area (Å²) in [4.78, 5) is 14.3. The fourth-order valence-corrected chi connectivity index (χ4v) is 11.7. The van der Waals surface area contributed by atoms with Crippen molar-refractivity contribution in [3.05, 3.63) is 296 Å². The molecule has 11 aromatic carbocycles. The van der Waals surface area contributed by atoms with Gasteiger partial charge in [0, 0.05) is 53.0 Å². The van der Waals surface area contributed by atoms with Gasteiger partial charge in [-0.15, -0.1) is 60.2 Å². The molecule has 0 aliphatic heterocycles. The van der Waals surface area contributed by atoms with Crippen LogP contribution in [0.5, 0.6) is 0 Å². The molecule has 3 nitrogen and oxygen atoms in total. The summed E-state index contributed by atoms with van der Waals surface area (Å²) in [6.07, 6.45) is 5.03. The Kier molecular flexibility index (Phi) is 14.6. The molecular formula is C76H42F6IrN3. The molecule has 0 amide bonds. The van der Waals surface area contributed by atoms with E-state index in [0.29, 0.717) is 55.6 Å². The summed E-state index contributed by atoms with van der Waals surface area (Å²) in [7, 11) is 0. The van der Waals surface area contributed by atoms with Gasteiger partial charge in [-0.05, 0) is 177 Å². The third kappa shape index (κ3) is 10.2. The zero-order chi connectivity index (χ0) is 57.9. The van der Waals surface area contributed by atoms with Crippen LogP contribution >= 0.6 is 0 Å². The number of aromatic nitrogens is 3. The second kappa shape index (κ2) is 22.8. The van der Waals surface area contributed by atoms with E-state index in [1.807, 2.05) is 79.9 Å². The molecule has 86 heavy (non-hydrogen) atoms. The molecule has 412 valence electrons. The molecule has 0 radical (unpaired) electrons. The Balaban J connectivity index is 0.00000686. The van der Waals surface area contributed by atoms with Crippen molar-refractivity contribution in [1.29, 1.82) is 0 Å². The number of halogens is 6. The van der Waals surface area contributed by atoms with Crippen LogP contribution in [0.25, 0.3) is 144 Å². The van der Waals surface area contributed by atoms with Gasteiger partial charge in [-0.2, -0.15) is 0 Å². The number of hydrogen-bond donors (Lipinski definition) is 0. The Labute approximate surface area is 505 Å². The molecule has 0 saturated carbocycles. The van der Waals surface area contributed by atoms with E-state index in [0.717, 1.165) is 90.3 Å². The van der Waals surface area contributed by atoms with Crippen molar-refractivity contribution in [3.8, 4) is 112 Å². The largest absolute Gasteiger partial charge is 3.00 e. The Morgan fingerprint density at radius 1 is 0.302 bits per heavy atom. The van der Waals surface area contributed by atoms with Gasteiger partial charge in [0.2, 0.25) is 0 Å². The fourth-order valence-electron chi connectivity index (χ4n) is 11.7. The first kappa shape index (κ1) is 55.1. The van der Waals surface area contributed by atoms with E-state index in [-0.39, 0.29) is 42.6 Å². The number of hydrogen-bond acceptors (Lipinski definition) is 3. The summed E-state index contributed by atoms with van der Waals surface area (Å²) >= 11 is 0. The molecule has 0 N–H and O–H groups in total. The van der Waals surface area contributed by atoms with Gasteiger partial charge in [-0.25, -0.2) is 8.78 Å². The normalized spacial score (nSPS) is 11.3. The predicted molar refractivity (Wildman–Crippen MR) is 328 cm³/mol. The summed E-state index contributed by atoms with van der Waals surface area (Å²) in [6, 6.07) is 73.5. The predicted octanol–water partition coefficient (Wildman–Crippen LogP) is 20.5. The number of pyridine rings is 3. The van der Waals surface area contributed by atoms with Crippen LogP contribution in [-0.2, 0) is 20.1 Å². The molecule has 0 fully saturated rings. The van der Waals surface area contributed by atoms with Gasteiger partial charge >= 0.3 is 20.1 Å². The topological polar surface area (TPSA) is 38.7 Å². The Bertz CT molecular complexity index is 4960. The van der Waals surface area contributed by atoms with Crippen LogP contribution in [0.1, 0.15) is 5.56 Å². The van der Waals surface area contributed by atoms with E-state index in [9.17, 15) is 8.78 Å². The second-order valence-corrected chi connectivity index (χ2v) is 20.9. The van der Waals surface area contributed by atoms with Crippen LogP contribution in [0.4, 0.5) is 26.3 Å². The standard InChI is InChI=1S/C76H42F6N3.Ir/c1-44-31-76(65-29-24-54(80)39-73(65)82)85-42-70(44)63-27-22-52(78)37-67(63)50-33-48(32-49(34-50)66-36-51(77)21-26-56(66)47-20-30-74(83-41-47)64-28-23-53(79)38-72(64)81)55-13-5-6-14-57(55)71-43-84-75(45-11-3-2-4-12-45)40-68(71)46-19-25-62-60-17-8-7-15-58(60)59-16-9-10-18-61(59)69(62)35-46;/h2-11,13-27,30-43H,1H3;/q-3;+3. The van der Waals surface area contributed by atoms with Crippen LogP contribution < -0.4 is 0 Å². The second-order valence-electron chi connectivity index (χ2n) is 20.9. The molecule has 0 unspecified atom stereocenters. The van der Waals surface area contributed by atoms with E-state index < -0.39 is 34.9 Å². The van der Waals surface area contributed by atoms with Crippen LogP contribution in [0.3, 0.4) is 0 Å². The molecule has 3 heterocycles. The van der Waals surface area contributed by atoms with Crippen molar-refractivity contribution in [1.82, 2.24) is 15.0 Å². The molecule has 14 aromatic rings. The summed E-state index contributed by atoms with van der Waals surface area (Å²) in [5.74, 6) is -4.22. The van der Waals surface area contributed by atoms with Gasteiger partial charge in [-0.3, -0.25) is 17.6 Å². The summed E-state index contributed by atoms with van der Waals surface area (Å²) in [5, 5.41) is 6.81. The minimum absolute atomic E-state index is 0. The van der Waals surface area contributed by atoms with Crippen LogP contribution in [0.15, 0.2) is 237 Å². The van der Waals surface area contributed by atoms with E-state index >= 15 is 17.6 Å². The SMILES string of the molecule is Cc1cc(-c2[c-]cc(F)cc2F)ncc1-c1ccc(F)cc1-c1cc(-c2cc(F)ccc2-c2ccc(-c3[c-]cc(F)cc3F)nc2)cc(-c2ccccc2-c2cnc(-c3[c-]cccc3)cc2-c2ccc3c4ccccc4c4ccccc4c3c2)c1.[Ir+3]. The molecule has 10 heteroatoms. The third-order valence-corrected chi connectivity index (χ3v) is 15.7. The third-order valence-electron chi connectivity index (χ3n) is 15.7. The van der Waals surface area contributed by atoms with Crippen molar-refractivity contribution in [2.45, 2.75) is 6.92 Å². The van der Waals surface area contributed by atoms with Crippen molar-refractivity contribution >= 4 is 32.3 Å². The van der Waals surface area contributed by atoms with Gasteiger partial charge < -0.3 is 15.0 Å². The zero-order valence-corrected chi connectivity index (χ0v) is 47.9. The van der Waals surface area contributed by atoms with E-state index in [4.69, 9.17) is 4.98 Å². The number of benzene rings is 11. The molecule has 0 aliphatic rings. The monoisotopic (exact) mass is 1300 g/mol. The van der Waals surface area contributed by atoms with Gasteiger partial charge in [0.25, 0.3) is 0 Å². The molecule has 0 spiro atoms. The maximum Gasteiger partial charge on any atom is 3.00 e. The first-order chi connectivity index (χ1) is 41.5. The smallest absolute Gasteiger partial charge is 0.304 e. The van der Waals surface area contributed by atoms with Crippen molar-refractivity contribution in [2.24, 2.45) is 0 Å². The Morgan fingerprint density at radius 2 is 0.791 bits per heavy atom. The molecule has 0 aliphatic carbocycles. The van der Waals surface area contributed by atoms with E-state index in [1.165, 1.54) is 29.7 Å². The minimum atomic E-state index is -0.820. The van der Waals surface area contributed by atoms with Crippen molar-refractivity contribution in [2.75, 3.05) is 0 Å². The fraction of sp³-hybridized carbons (Fsp3) is 0.0132. The first-order valence-electron chi connectivity index (χ1n) is 27.3. The zero-order valence-electron chi connectivity index (χ0n) is 45.5. The number of aryl methyl sites for hydroxylation is 1. The summed E-state index contributed by atoms with van der Waals surface area (Å²) < 4.78 is 90.2. The average Bonchev–Trinajstić information content (AvgIpc) is 3.74. The summed E-state index contributed by atoms with van der Waals surface area (Å²) in [5.41, 5.74) is 12.1. The van der Waals surface area contributed by atoms with Crippen molar-refractivity contribution < 1.29 is 46.4 Å². The van der Waals surface area contributed by atoms with Gasteiger partial charge in [0.1, 0.15) is 11.6 Å². The number of fused-ring (bicyclic) bond motifs is 6.